The Morgan fingerprint density at radius 3 is 2.39 bits per heavy atom. The van der Waals surface area contributed by atoms with Crippen LogP contribution in [0.15, 0.2) is 42.5 Å². The number of hydrogen-bond acceptors (Lipinski definition) is 6. The largest absolute Gasteiger partial charge is 0.418 e. The molecule has 3 aromatic rings. The Labute approximate surface area is 314 Å². The Morgan fingerprint density at radius 2 is 1.70 bits per heavy atom. The summed E-state index contributed by atoms with van der Waals surface area (Å²) in [7, 11) is 0. The number of amides is 3. The van der Waals surface area contributed by atoms with Crippen molar-refractivity contribution in [1.82, 2.24) is 31.2 Å². The molecule has 5 atom stereocenters. The molecule has 0 radical (unpaired) electrons. The molecule has 2 heterocycles. The summed E-state index contributed by atoms with van der Waals surface area (Å²) in [5, 5.41) is 12.9. The minimum Gasteiger partial charge on any atom is -0.379 e. The molecular formula is C40H54F4N6O4. The van der Waals surface area contributed by atoms with E-state index in [2.05, 4.69) is 31.2 Å². The second kappa shape index (κ2) is 18.1. The number of H-pyrrole nitrogens is 1. The lowest BCUT2D eigenvalue weighted by Gasteiger charge is -2.40. The third kappa shape index (κ3) is 9.80. The quantitative estimate of drug-likeness (QED) is 0.105. The number of carbonyl (C=O) groups excluding carboxylic acids is 3. The number of nitrogens with zero attached hydrogens (tertiary/aromatic N) is 1. The fraction of sp³-hybridized carbons (Fsp3) is 0.575. The molecule has 5 N–H and O–H groups in total. The van der Waals surface area contributed by atoms with Crippen molar-refractivity contribution in [2.75, 3.05) is 45.9 Å². The fourth-order valence-corrected chi connectivity index (χ4v) is 7.42. The molecule has 54 heavy (non-hydrogen) atoms. The average Bonchev–Trinajstić information content (AvgIpc) is 3.52. The average molecular weight is 759 g/mol. The number of hydrogen-bond donors (Lipinski definition) is 5. The fourth-order valence-electron chi connectivity index (χ4n) is 7.42. The molecule has 3 amide bonds. The van der Waals surface area contributed by atoms with Crippen LogP contribution in [0.2, 0.25) is 0 Å². The highest BCUT2D eigenvalue weighted by atomic mass is 19.4. The summed E-state index contributed by atoms with van der Waals surface area (Å²) in [6, 6.07) is 8.51. The molecule has 1 aromatic heterocycles. The van der Waals surface area contributed by atoms with E-state index in [-0.39, 0.29) is 54.6 Å². The van der Waals surface area contributed by atoms with Crippen LogP contribution in [0, 0.1) is 17.7 Å². The molecule has 14 heteroatoms. The number of morpholine rings is 1. The predicted molar refractivity (Wildman–Crippen MR) is 199 cm³/mol. The lowest BCUT2D eigenvalue weighted by molar-refractivity contribution is -0.137. The van der Waals surface area contributed by atoms with E-state index in [1.165, 1.54) is 24.3 Å². The third-order valence-corrected chi connectivity index (χ3v) is 11.3. The van der Waals surface area contributed by atoms with Gasteiger partial charge in [0.05, 0.1) is 30.7 Å². The number of ether oxygens (including phenoxy) is 1. The molecule has 2 aliphatic rings. The number of nitrogens with one attached hydrogen (secondary N) is 5. The molecule has 2 aromatic carbocycles. The van der Waals surface area contributed by atoms with Crippen molar-refractivity contribution in [2.24, 2.45) is 11.8 Å². The number of carbonyl (C=O) groups is 3. The van der Waals surface area contributed by atoms with E-state index < -0.39 is 46.9 Å². The number of aromatic amines is 1. The van der Waals surface area contributed by atoms with Gasteiger partial charge in [-0.2, -0.15) is 13.2 Å². The Bertz CT molecular complexity index is 1760. The number of alkyl halides is 3. The van der Waals surface area contributed by atoms with Crippen molar-refractivity contribution in [3.63, 3.8) is 0 Å². The number of fused-ring (bicyclic) bond motifs is 3. The van der Waals surface area contributed by atoms with Crippen LogP contribution in [-0.4, -0.2) is 91.2 Å². The summed E-state index contributed by atoms with van der Waals surface area (Å²) >= 11 is 0. The zero-order valence-corrected chi connectivity index (χ0v) is 31.6. The number of aryl methyl sites for hydroxylation is 1. The second-order valence-corrected chi connectivity index (χ2v) is 14.9. The molecule has 1 saturated heterocycles. The normalized spacial score (nSPS) is 20.1. The Morgan fingerprint density at radius 1 is 0.981 bits per heavy atom. The molecule has 0 bridgehead atoms. The van der Waals surface area contributed by atoms with Gasteiger partial charge in [-0.15, -0.1) is 0 Å². The van der Waals surface area contributed by atoms with E-state index in [1.807, 2.05) is 20.8 Å². The molecule has 1 fully saturated rings. The standard InChI is InChI=1S/C40H54F4N6O4/c1-5-25(3)33(24-45-16-17-50-18-20-54-21-19-50)47-38(53)39(15-14-32-29(23-39)28-11-9-12-30(36(28)46-32)40(42,43)44)49-37(52)35(26(4)6-2)48-34(51)22-27-10-7-8-13-31(27)41/h7-13,25-26,33,35,45-46H,5-6,14-24H2,1-4H3,(H,47,53)(H,48,51)(H,49,52)/t25-,26?,33?,35-,39+/m0/s1. The van der Waals surface area contributed by atoms with E-state index in [0.717, 1.165) is 32.1 Å². The maximum absolute atomic E-state index is 14.7. The zero-order valence-electron chi connectivity index (χ0n) is 31.6. The second-order valence-electron chi connectivity index (χ2n) is 14.9. The minimum atomic E-state index is -4.60. The van der Waals surface area contributed by atoms with E-state index in [4.69, 9.17) is 4.74 Å². The minimum absolute atomic E-state index is 0.0580. The number of aromatic nitrogens is 1. The summed E-state index contributed by atoms with van der Waals surface area (Å²) in [5.74, 6) is -2.43. The van der Waals surface area contributed by atoms with Crippen LogP contribution in [0.25, 0.3) is 10.9 Å². The van der Waals surface area contributed by atoms with Crippen LogP contribution in [0.1, 0.15) is 69.3 Å². The van der Waals surface area contributed by atoms with Gasteiger partial charge >= 0.3 is 6.18 Å². The molecule has 0 spiro atoms. The molecule has 296 valence electrons. The van der Waals surface area contributed by atoms with Crippen molar-refractivity contribution < 1.29 is 36.7 Å². The van der Waals surface area contributed by atoms with Crippen LogP contribution >= 0.6 is 0 Å². The number of halogens is 4. The number of para-hydroxylation sites is 1. The van der Waals surface area contributed by atoms with Gasteiger partial charge in [0.2, 0.25) is 17.7 Å². The first-order chi connectivity index (χ1) is 25.8. The summed E-state index contributed by atoms with van der Waals surface area (Å²) in [5.41, 5.74) is -1.11. The van der Waals surface area contributed by atoms with Gasteiger partial charge in [0.15, 0.2) is 0 Å². The summed E-state index contributed by atoms with van der Waals surface area (Å²) < 4.78 is 62.1. The molecule has 0 saturated carbocycles. The number of rotatable bonds is 16. The highest BCUT2D eigenvalue weighted by Gasteiger charge is 2.47. The lowest BCUT2D eigenvalue weighted by atomic mass is 9.78. The van der Waals surface area contributed by atoms with Gasteiger partial charge < -0.3 is 31.0 Å². The molecule has 1 aliphatic heterocycles. The molecular weight excluding hydrogens is 704 g/mol. The van der Waals surface area contributed by atoms with Crippen LogP contribution in [-0.2, 0) is 44.6 Å². The SMILES string of the molecule is CCC(C)[C@H](NC(=O)Cc1ccccc1F)C(=O)N[C@]1(C(=O)NC(CNCCN2CCOCC2)[C@@H](C)CC)CCc2[nH]c3c(C(F)(F)F)cccc3c2C1. The summed E-state index contributed by atoms with van der Waals surface area (Å²) in [6.45, 7) is 12.9. The van der Waals surface area contributed by atoms with Gasteiger partial charge in [-0.3, -0.25) is 19.3 Å². The smallest absolute Gasteiger partial charge is 0.379 e. The third-order valence-electron chi connectivity index (χ3n) is 11.3. The first kappa shape index (κ1) is 41.2. The first-order valence-corrected chi connectivity index (χ1v) is 19.1. The monoisotopic (exact) mass is 758 g/mol. The lowest BCUT2D eigenvalue weighted by Crippen LogP contribution is -2.66. The van der Waals surface area contributed by atoms with E-state index >= 15 is 0 Å². The van der Waals surface area contributed by atoms with Crippen LogP contribution in [0.4, 0.5) is 17.6 Å². The van der Waals surface area contributed by atoms with Crippen molar-refractivity contribution in [3.8, 4) is 0 Å². The van der Waals surface area contributed by atoms with Gasteiger partial charge in [0.1, 0.15) is 17.4 Å². The van der Waals surface area contributed by atoms with Crippen LogP contribution < -0.4 is 21.3 Å². The highest BCUT2D eigenvalue weighted by molar-refractivity contribution is 5.97. The van der Waals surface area contributed by atoms with Gasteiger partial charge in [-0.05, 0) is 47.9 Å². The summed E-state index contributed by atoms with van der Waals surface area (Å²) in [4.78, 5) is 47.6. The Balaban J connectivity index is 1.43. The van der Waals surface area contributed by atoms with Crippen molar-refractivity contribution >= 4 is 28.6 Å². The van der Waals surface area contributed by atoms with E-state index in [0.29, 0.717) is 49.4 Å². The van der Waals surface area contributed by atoms with Gasteiger partial charge in [0.25, 0.3) is 0 Å². The maximum atomic E-state index is 14.7. The van der Waals surface area contributed by atoms with Crippen molar-refractivity contribution in [2.45, 2.75) is 90.0 Å². The molecule has 1 aliphatic carbocycles. The van der Waals surface area contributed by atoms with Crippen molar-refractivity contribution in [1.29, 1.82) is 0 Å². The Kier molecular flexibility index (Phi) is 13.8. The maximum Gasteiger partial charge on any atom is 0.418 e. The van der Waals surface area contributed by atoms with Crippen LogP contribution in [0.3, 0.4) is 0 Å². The van der Waals surface area contributed by atoms with Crippen LogP contribution in [0.5, 0.6) is 0 Å². The zero-order chi connectivity index (χ0) is 39.0. The highest BCUT2D eigenvalue weighted by Crippen LogP contribution is 2.40. The molecule has 10 nitrogen and oxygen atoms in total. The molecule has 2 unspecified atom stereocenters. The van der Waals surface area contributed by atoms with E-state index in [9.17, 15) is 31.9 Å². The first-order valence-electron chi connectivity index (χ1n) is 19.1. The molecule has 5 rings (SSSR count). The van der Waals surface area contributed by atoms with E-state index in [1.54, 1.807) is 19.1 Å². The number of benzene rings is 2. The predicted octanol–water partition coefficient (Wildman–Crippen LogP) is 4.90. The Hall–Kier alpha value is -4.01. The van der Waals surface area contributed by atoms with Gasteiger partial charge in [-0.25, -0.2) is 4.39 Å². The summed E-state index contributed by atoms with van der Waals surface area (Å²) in [6.07, 6.45) is -3.35. The van der Waals surface area contributed by atoms with Crippen molar-refractivity contribution in [3.05, 3.63) is 70.7 Å². The van der Waals surface area contributed by atoms with Gasteiger partial charge in [-0.1, -0.05) is 70.9 Å². The van der Waals surface area contributed by atoms with Gasteiger partial charge in [0, 0.05) is 56.3 Å². The topological polar surface area (TPSA) is 128 Å².